The van der Waals surface area contributed by atoms with E-state index in [4.69, 9.17) is 0 Å². The molecule has 136 valence electrons. The number of nitrogens with one attached hydrogen (secondary N) is 1. The van der Waals surface area contributed by atoms with E-state index in [2.05, 4.69) is 4.72 Å². The monoisotopic (exact) mass is 378 g/mol. The first kappa shape index (κ1) is 18.4. The molecule has 3 aromatic carbocycles. The number of carbonyl (C=O) groups excluding carboxylic acids is 1. The normalized spacial score (nSPS) is 11.4. The number of rotatable bonds is 6. The lowest BCUT2D eigenvalue weighted by Crippen LogP contribution is -2.18. The first-order valence-corrected chi connectivity index (χ1v) is 9.60. The molecule has 0 saturated carbocycles. The van der Waals surface area contributed by atoms with Gasteiger partial charge in [-0.15, -0.1) is 0 Å². The summed E-state index contributed by atoms with van der Waals surface area (Å²) in [4.78, 5) is 10.5. The van der Waals surface area contributed by atoms with Crippen LogP contribution in [0.5, 0.6) is 0 Å². The van der Waals surface area contributed by atoms with Crippen molar-refractivity contribution in [3.8, 4) is 11.1 Å². The van der Waals surface area contributed by atoms with E-state index >= 15 is 0 Å². The van der Waals surface area contributed by atoms with Crippen molar-refractivity contribution in [3.05, 3.63) is 90.5 Å². The Morgan fingerprint density at radius 3 is 2.00 bits per heavy atom. The van der Waals surface area contributed by atoms with E-state index in [1.54, 1.807) is 12.1 Å². The van der Waals surface area contributed by atoms with Crippen LogP contribution < -0.4 is 9.83 Å². The maximum Gasteiger partial charge on any atom is 0.261 e. The summed E-state index contributed by atoms with van der Waals surface area (Å²) in [5.41, 5.74) is 3.05. The molecule has 0 atom stereocenters. The van der Waals surface area contributed by atoms with Gasteiger partial charge in [0.25, 0.3) is 10.0 Å². The van der Waals surface area contributed by atoms with Gasteiger partial charge in [0.15, 0.2) is 0 Å². The van der Waals surface area contributed by atoms with Crippen LogP contribution in [0.25, 0.3) is 17.2 Å². The van der Waals surface area contributed by atoms with Gasteiger partial charge in [0.2, 0.25) is 0 Å². The van der Waals surface area contributed by atoms with Gasteiger partial charge in [-0.1, -0.05) is 60.7 Å². The maximum atomic E-state index is 12.5. The van der Waals surface area contributed by atoms with Crippen LogP contribution in [0.3, 0.4) is 0 Å². The number of anilines is 1. The second-order valence-corrected chi connectivity index (χ2v) is 7.45. The van der Waals surface area contributed by atoms with Gasteiger partial charge in [-0.05, 0) is 47.0 Å². The Balaban J connectivity index is 1.75. The number of carboxylic acid groups (broad SMARTS) is 1. The molecule has 0 amide bonds. The summed E-state index contributed by atoms with van der Waals surface area (Å²) < 4.78 is 27.5. The Morgan fingerprint density at radius 2 is 1.41 bits per heavy atom. The molecular formula is C21H16NO4S-. The Bertz CT molecular complexity index is 1060. The molecule has 5 nitrogen and oxygen atoms in total. The fourth-order valence-corrected chi connectivity index (χ4v) is 3.56. The lowest BCUT2D eigenvalue weighted by Gasteiger charge is -2.09. The topological polar surface area (TPSA) is 86.3 Å². The number of hydrogen-bond donors (Lipinski definition) is 1. The summed E-state index contributed by atoms with van der Waals surface area (Å²) in [6.07, 6.45) is 2.22. The van der Waals surface area contributed by atoms with E-state index in [1.165, 1.54) is 30.3 Å². The van der Waals surface area contributed by atoms with Crippen LogP contribution in [0, 0.1) is 0 Å². The van der Waals surface area contributed by atoms with Gasteiger partial charge >= 0.3 is 0 Å². The van der Waals surface area contributed by atoms with Crippen molar-refractivity contribution in [2.45, 2.75) is 4.90 Å². The molecule has 0 radical (unpaired) electrons. The third-order valence-corrected chi connectivity index (χ3v) is 5.24. The average molecular weight is 378 g/mol. The predicted molar refractivity (Wildman–Crippen MR) is 103 cm³/mol. The fourth-order valence-electron chi connectivity index (χ4n) is 2.50. The van der Waals surface area contributed by atoms with E-state index in [1.807, 2.05) is 42.5 Å². The van der Waals surface area contributed by atoms with Crippen molar-refractivity contribution in [2.24, 2.45) is 0 Å². The summed E-state index contributed by atoms with van der Waals surface area (Å²) in [7, 11) is -3.74. The molecule has 0 bridgehead atoms. The summed E-state index contributed by atoms with van der Waals surface area (Å²) in [5.74, 6) is -1.31. The van der Waals surface area contributed by atoms with Crippen LogP contribution in [-0.4, -0.2) is 14.4 Å². The van der Waals surface area contributed by atoms with Crippen LogP contribution in [0.4, 0.5) is 5.69 Å². The summed E-state index contributed by atoms with van der Waals surface area (Å²) in [5, 5.41) is 10.4. The molecule has 0 unspecified atom stereocenters. The Hall–Kier alpha value is -3.38. The van der Waals surface area contributed by atoms with Crippen molar-refractivity contribution in [3.63, 3.8) is 0 Å². The zero-order valence-corrected chi connectivity index (χ0v) is 15.0. The minimum absolute atomic E-state index is 0.0836. The van der Waals surface area contributed by atoms with Gasteiger partial charge < -0.3 is 9.90 Å². The van der Waals surface area contributed by atoms with Crippen molar-refractivity contribution < 1.29 is 18.3 Å². The molecule has 3 rings (SSSR count). The zero-order chi connectivity index (χ0) is 19.3. The molecule has 0 fully saturated rings. The third-order valence-electron chi connectivity index (χ3n) is 3.85. The zero-order valence-electron chi connectivity index (χ0n) is 14.2. The predicted octanol–water partition coefficient (Wildman–Crippen LogP) is 2.92. The van der Waals surface area contributed by atoms with Gasteiger partial charge in [-0.25, -0.2) is 8.42 Å². The molecule has 0 aromatic heterocycles. The van der Waals surface area contributed by atoms with Gasteiger partial charge in [0, 0.05) is 5.69 Å². The van der Waals surface area contributed by atoms with Crippen molar-refractivity contribution >= 4 is 27.8 Å². The molecular weight excluding hydrogens is 362 g/mol. The highest BCUT2D eigenvalue weighted by Gasteiger charge is 2.13. The molecule has 3 aromatic rings. The lowest BCUT2D eigenvalue weighted by molar-refractivity contribution is -0.297. The standard InChI is InChI=1S/C21H17NO4S/c23-21(24)15-8-16-6-13-20(14-7-16)27(25,26)22-19-11-9-18(10-12-19)17-4-2-1-3-5-17/h1-15,22H,(H,23,24)/p-1/b15-8+. The average Bonchev–Trinajstić information content (AvgIpc) is 2.68. The molecule has 6 heteroatoms. The summed E-state index contributed by atoms with van der Waals surface area (Å²) >= 11 is 0. The Kier molecular flexibility index (Phi) is 5.38. The van der Waals surface area contributed by atoms with E-state index in [-0.39, 0.29) is 4.90 Å². The highest BCUT2D eigenvalue weighted by atomic mass is 32.2. The van der Waals surface area contributed by atoms with E-state index in [0.717, 1.165) is 17.2 Å². The number of aliphatic carboxylic acids is 1. The van der Waals surface area contributed by atoms with Gasteiger partial charge in [-0.2, -0.15) is 0 Å². The molecule has 0 heterocycles. The van der Waals surface area contributed by atoms with E-state index in [9.17, 15) is 18.3 Å². The summed E-state index contributed by atoms with van der Waals surface area (Å²) in [6.45, 7) is 0. The minimum atomic E-state index is -3.74. The number of carboxylic acids is 1. The van der Waals surface area contributed by atoms with Gasteiger partial charge in [0.05, 0.1) is 10.9 Å². The minimum Gasteiger partial charge on any atom is -0.545 e. The second-order valence-electron chi connectivity index (χ2n) is 5.77. The van der Waals surface area contributed by atoms with Crippen LogP contribution in [-0.2, 0) is 14.8 Å². The highest BCUT2D eigenvalue weighted by Crippen LogP contribution is 2.23. The lowest BCUT2D eigenvalue weighted by atomic mass is 10.1. The van der Waals surface area contributed by atoms with Crippen LogP contribution >= 0.6 is 0 Å². The first-order valence-electron chi connectivity index (χ1n) is 8.11. The van der Waals surface area contributed by atoms with Crippen molar-refractivity contribution in [1.82, 2.24) is 0 Å². The number of benzene rings is 3. The smallest absolute Gasteiger partial charge is 0.261 e. The first-order chi connectivity index (χ1) is 12.9. The highest BCUT2D eigenvalue weighted by molar-refractivity contribution is 7.92. The van der Waals surface area contributed by atoms with E-state index < -0.39 is 16.0 Å². The third kappa shape index (κ3) is 4.83. The summed E-state index contributed by atoms with van der Waals surface area (Å²) in [6, 6.07) is 22.8. The largest absolute Gasteiger partial charge is 0.545 e. The Morgan fingerprint density at radius 1 is 0.815 bits per heavy atom. The Labute approximate surface area is 157 Å². The van der Waals surface area contributed by atoms with Crippen molar-refractivity contribution in [1.29, 1.82) is 0 Å². The molecule has 1 N–H and O–H groups in total. The molecule has 27 heavy (non-hydrogen) atoms. The van der Waals surface area contributed by atoms with Crippen LogP contribution in [0.1, 0.15) is 5.56 Å². The molecule has 0 spiro atoms. The number of carbonyl (C=O) groups is 1. The van der Waals surface area contributed by atoms with Gasteiger partial charge in [0.1, 0.15) is 0 Å². The van der Waals surface area contributed by atoms with Gasteiger partial charge in [-0.3, -0.25) is 4.72 Å². The second kappa shape index (κ2) is 7.88. The number of hydrogen-bond acceptors (Lipinski definition) is 4. The molecule has 0 aliphatic heterocycles. The fraction of sp³-hybridized carbons (Fsp3) is 0. The SMILES string of the molecule is O=C([O-])/C=C/c1ccc(S(=O)(=O)Nc2ccc(-c3ccccc3)cc2)cc1. The van der Waals surface area contributed by atoms with Crippen LogP contribution in [0.15, 0.2) is 89.8 Å². The molecule has 0 aliphatic carbocycles. The van der Waals surface area contributed by atoms with Crippen LogP contribution in [0.2, 0.25) is 0 Å². The van der Waals surface area contributed by atoms with Crippen molar-refractivity contribution in [2.75, 3.05) is 4.72 Å². The van der Waals surface area contributed by atoms with E-state index in [0.29, 0.717) is 11.3 Å². The molecule has 0 aliphatic rings. The molecule has 0 saturated heterocycles. The maximum absolute atomic E-state index is 12.5. The quantitative estimate of drug-likeness (QED) is 0.668. The number of sulfonamides is 1.